The average Bonchev–Trinajstić information content (AvgIpc) is 2.53. The highest BCUT2D eigenvalue weighted by Crippen LogP contribution is 2.20. The predicted octanol–water partition coefficient (Wildman–Crippen LogP) is 3.84. The van der Waals surface area contributed by atoms with Crippen LogP contribution in [0.1, 0.15) is 17.3 Å². The summed E-state index contributed by atoms with van der Waals surface area (Å²) in [6.07, 6.45) is -4.41. The summed E-state index contributed by atoms with van der Waals surface area (Å²) in [5.74, 6) is -0.557. The molecule has 0 aromatic heterocycles. The summed E-state index contributed by atoms with van der Waals surface area (Å²) < 4.78 is 40.8. The van der Waals surface area contributed by atoms with E-state index in [2.05, 4.69) is 15.4 Å². The number of hydrogen-bond acceptors (Lipinski definition) is 3. The highest BCUT2D eigenvalue weighted by Gasteiger charge is 2.28. The minimum atomic E-state index is -4.41. The maximum Gasteiger partial charge on any atom is 0.422 e. The molecular formula is C17H15F3N2O3. The van der Waals surface area contributed by atoms with E-state index in [1.807, 2.05) is 0 Å². The number of amides is 2. The van der Waals surface area contributed by atoms with Gasteiger partial charge in [0.15, 0.2) is 6.61 Å². The summed E-state index contributed by atoms with van der Waals surface area (Å²) in [6.45, 7) is 0.00204. The minimum absolute atomic E-state index is 0.0509. The second-order valence-corrected chi connectivity index (χ2v) is 5.14. The monoisotopic (exact) mass is 352 g/mol. The van der Waals surface area contributed by atoms with Crippen LogP contribution in [0.5, 0.6) is 5.75 Å². The summed E-state index contributed by atoms with van der Waals surface area (Å²) >= 11 is 0. The molecule has 0 saturated heterocycles. The molecule has 0 aliphatic rings. The second-order valence-electron chi connectivity index (χ2n) is 5.14. The van der Waals surface area contributed by atoms with Gasteiger partial charge in [0.25, 0.3) is 5.91 Å². The number of ether oxygens (including phenoxy) is 1. The van der Waals surface area contributed by atoms with Crippen LogP contribution < -0.4 is 15.4 Å². The Kier molecular flexibility index (Phi) is 5.63. The van der Waals surface area contributed by atoms with Crippen LogP contribution >= 0.6 is 0 Å². The number of nitrogens with one attached hydrogen (secondary N) is 2. The van der Waals surface area contributed by atoms with Gasteiger partial charge in [0.1, 0.15) is 5.75 Å². The molecule has 5 nitrogen and oxygen atoms in total. The van der Waals surface area contributed by atoms with E-state index in [1.54, 1.807) is 24.3 Å². The molecule has 0 atom stereocenters. The minimum Gasteiger partial charge on any atom is -0.484 e. The standard InChI is InChI=1S/C17H15F3N2O3/c1-11(23)21-13-4-2-12(3-5-13)16(24)22-14-6-8-15(9-7-14)25-10-17(18,19)20/h2-9H,10H2,1H3,(H,21,23)(H,22,24). The second kappa shape index (κ2) is 7.69. The van der Waals surface area contributed by atoms with Crippen LogP contribution in [-0.2, 0) is 4.79 Å². The first-order chi connectivity index (χ1) is 11.7. The van der Waals surface area contributed by atoms with E-state index in [1.165, 1.54) is 31.2 Å². The molecule has 2 rings (SSSR count). The Bertz CT molecular complexity index is 741. The highest BCUT2D eigenvalue weighted by atomic mass is 19.4. The van der Waals surface area contributed by atoms with Gasteiger partial charge in [-0.05, 0) is 48.5 Å². The number of alkyl halides is 3. The van der Waals surface area contributed by atoms with E-state index in [-0.39, 0.29) is 11.7 Å². The van der Waals surface area contributed by atoms with E-state index in [0.717, 1.165) is 0 Å². The first-order valence-corrected chi connectivity index (χ1v) is 7.21. The van der Waals surface area contributed by atoms with Gasteiger partial charge in [-0.15, -0.1) is 0 Å². The number of carbonyl (C=O) groups excluding carboxylic acids is 2. The molecular weight excluding hydrogens is 337 g/mol. The van der Waals surface area contributed by atoms with Gasteiger partial charge in [0.05, 0.1) is 0 Å². The summed E-state index contributed by atoms with van der Waals surface area (Å²) in [7, 11) is 0. The molecule has 0 aliphatic heterocycles. The van der Waals surface area contributed by atoms with Crippen LogP contribution in [0.25, 0.3) is 0 Å². The molecule has 25 heavy (non-hydrogen) atoms. The summed E-state index contributed by atoms with van der Waals surface area (Å²) in [4.78, 5) is 23.1. The Balaban J connectivity index is 1.95. The van der Waals surface area contributed by atoms with Crippen LogP contribution in [0, 0.1) is 0 Å². The van der Waals surface area contributed by atoms with Gasteiger partial charge in [-0.3, -0.25) is 9.59 Å². The number of anilines is 2. The molecule has 0 heterocycles. The normalized spacial score (nSPS) is 10.9. The molecule has 132 valence electrons. The summed E-state index contributed by atoms with van der Waals surface area (Å²) in [5.41, 5.74) is 1.34. The van der Waals surface area contributed by atoms with Gasteiger partial charge < -0.3 is 15.4 Å². The third kappa shape index (κ3) is 6.17. The molecule has 2 aromatic rings. The largest absolute Gasteiger partial charge is 0.484 e. The number of benzene rings is 2. The zero-order valence-corrected chi connectivity index (χ0v) is 13.2. The third-order valence-corrected chi connectivity index (χ3v) is 2.98. The van der Waals surface area contributed by atoms with Crippen molar-refractivity contribution in [1.82, 2.24) is 0 Å². The van der Waals surface area contributed by atoms with Crippen molar-refractivity contribution in [1.29, 1.82) is 0 Å². The predicted molar refractivity (Wildman–Crippen MR) is 86.7 cm³/mol. The van der Waals surface area contributed by atoms with Crippen LogP contribution in [0.2, 0.25) is 0 Å². The molecule has 0 fully saturated rings. The van der Waals surface area contributed by atoms with Crippen molar-refractivity contribution in [3.63, 3.8) is 0 Å². The van der Waals surface area contributed by atoms with Crippen molar-refractivity contribution in [2.45, 2.75) is 13.1 Å². The van der Waals surface area contributed by atoms with Crippen molar-refractivity contribution in [2.24, 2.45) is 0 Å². The lowest BCUT2D eigenvalue weighted by Gasteiger charge is -2.10. The smallest absolute Gasteiger partial charge is 0.422 e. The zero-order valence-electron chi connectivity index (χ0n) is 13.2. The van der Waals surface area contributed by atoms with Crippen molar-refractivity contribution in [3.8, 4) is 5.75 Å². The fraction of sp³-hybridized carbons (Fsp3) is 0.176. The Morgan fingerprint density at radius 1 is 0.920 bits per heavy atom. The first-order valence-electron chi connectivity index (χ1n) is 7.21. The van der Waals surface area contributed by atoms with Gasteiger partial charge in [-0.2, -0.15) is 13.2 Å². The lowest BCUT2D eigenvalue weighted by molar-refractivity contribution is -0.153. The molecule has 0 radical (unpaired) electrons. The highest BCUT2D eigenvalue weighted by molar-refractivity contribution is 6.04. The Hall–Kier alpha value is -3.03. The zero-order chi connectivity index (χ0) is 18.4. The molecule has 0 aliphatic carbocycles. The van der Waals surface area contributed by atoms with E-state index in [9.17, 15) is 22.8 Å². The van der Waals surface area contributed by atoms with Gasteiger partial charge >= 0.3 is 6.18 Å². The van der Waals surface area contributed by atoms with Crippen molar-refractivity contribution in [2.75, 3.05) is 17.2 Å². The molecule has 8 heteroatoms. The summed E-state index contributed by atoms with van der Waals surface area (Å²) in [5, 5.41) is 5.20. The maximum absolute atomic E-state index is 12.1. The van der Waals surface area contributed by atoms with Gasteiger partial charge in [0.2, 0.25) is 5.91 Å². The maximum atomic E-state index is 12.1. The van der Waals surface area contributed by atoms with Gasteiger partial charge in [-0.25, -0.2) is 0 Å². The molecule has 0 spiro atoms. The lowest BCUT2D eigenvalue weighted by atomic mass is 10.2. The molecule has 0 saturated carbocycles. The van der Waals surface area contributed by atoms with Crippen molar-refractivity contribution < 1.29 is 27.5 Å². The molecule has 0 bridgehead atoms. The van der Waals surface area contributed by atoms with E-state index in [4.69, 9.17) is 0 Å². The van der Waals surface area contributed by atoms with E-state index in [0.29, 0.717) is 16.9 Å². The van der Waals surface area contributed by atoms with Crippen LogP contribution in [0.4, 0.5) is 24.5 Å². The Morgan fingerprint density at radius 3 is 1.96 bits per heavy atom. The average molecular weight is 352 g/mol. The topological polar surface area (TPSA) is 67.4 Å². The molecule has 2 amide bonds. The van der Waals surface area contributed by atoms with Gasteiger partial charge in [-0.1, -0.05) is 0 Å². The number of rotatable bonds is 5. The van der Waals surface area contributed by atoms with E-state index < -0.39 is 18.7 Å². The fourth-order valence-corrected chi connectivity index (χ4v) is 1.91. The van der Waals surface area contributed by atoms with Crippen LogP contribution in [0.3, 0.4) is 0 Å². The third-order valence-electron chi connectivity index (χ3n) is 2.98. The number of hydrogen-bond donors (Lipinski definition) is 2. The lowest BCUT2D eigenvalue weighted by Crippen LogP contribution is -2.19. The van der Waals surface area contributed by atoms with Crippen LogP contribution in [-0.4, -0.2) is 24.6 Å². The molecule has 2 aromatic carbocycles. The number of carbonyl (C=O) groups is 2. The van der Waals surface area contributed by atoms with Crippen molar-refractivity contribution in [3.05, 3.63) is 54.1 Å². The fourth-order valence-electron chi connectivity index (χ4n) is 1.91. The Labute approximate surface area is 141 Å². The Morgan fingerprint density at radius 2 is 1.44 bits per heavy atom. The SMILES string of the molecule is CC(=O)Nc1ccc(C(=O)Nc2ccc(OCC(F)(F)F)cc2)cc1. The van der Waals surface area contributed by atoms with E-state index >= 15 is 0 Å². The van der Waals surface area contributed by atoms with Crippen molar-refractivity contribution >= 4 is 23.2 Å². The summed E-state index contributed by atoms with van der Waals surface area (Å²) in [6, 6.07) is 11.8. The molecule has 0 unspecified atom stereocenters. The number of halogens is 3. The van der Waals surface area contributed by atoms with Gasteiger partial charge in [0, 0.05) is 23.9 Å². The molecule has 2 N–H and O–H groups in total. The quantitative estimate of drug-likeness (QED) is 0.859. The van der Waals surface area contributed by atoms with Crippen LogP contribution in [0.15, 0.2) is 48.5 Å². The first kappa shape index (κ1) is 18.3.